The molecule has 110 valence electrons. The maximum absolute atomic E-state index is 13.5. The predicted octanol–water partition coefficient (Wildman–Crippen LogP) is 3.48. The van der Waals surface area contributed by atoms with Gasteiger partial charge in [-0.3, -0.25) is 4.90 Å². The van der Waals surface area contributed by atoms with Crippen molar-refractivity contribution in [3.05, 3.63) is 35.6 Å². The lowest BCUT2D eigenvalue weighted by molar-refractivity contribution is 0.0275. The highest BCUT2D eigenvalue weighted by Crippen LogP contribution is 2.39. The van der Waals surface area contributed by atoms with Crippen molar-refractivity contribution in [3.8, 4) is 0 Å². The van der Waals surface area contributed by atoms with Gasteiger partial charge in [0.15, 0.2) is 0 Å². The van der Waals surface area contributed by atoms with Gasteiger partial charge in [0.1, 0.15) is 5.82 Å². The van der Waals surface area contributed by atoms with Crippen LogP contribution in [0.15, 0.2) is 24.3 Å². The zero-order valence-corrected chi connectivity index (χ0v) is 12.1. The van der Waals surface area contributed by atoms with Crippen molar-refractivity contribution in [2.24, 2.45) is 11.7 Å². The second kappa shape index (κ2) is 6.23. The van der Waals surface area contributed by atoms with Crippen molar-refractivity contribution in [1.29, 1.82) is 0 Å². The van der Waals surface area contributed by atoms with Crippen molar-refractivity contribution in [1.82, 2.24) is 4.90 Å². The van der Waals surface area contributed by atoms with Crippen LogP contribution in [0.3, 0.4) is 0 Å². The molecule has 1 heterocycles. The summed E-state index contributed by atoms with van der Waals surface area (Å²) in [5.41, 5.74) is 7.08. The van der Waals surface area contributed by atoms with E-state index in [1.165, 1.54) is 44.6 Å². The summed E-state index contributed by atoms with van der Waals surface area (Å²) in [7, 11) is 0. The van der Waals surface area contributed by atoms with Crippen LogP contribution in [-0.4, -0.2) is 24.0 Å². The lowest BCUT2D eigenvalue weighted by atomic mass is 9.77. The first-order valence-corrected chi connectivity index (χ1v) is 8.01. The summed E-state index contributed by atoms with van der Waals surface area (Å²) in [5.74, 6) is 0.679. The number of rotatable bonds is 3. The second-order valence-corrected chi connectivity index (χ2v) is 6.30. The van der Waals surface area contributed by atoms with Gasteiger partial charge in [0.2, 0.25) is 0 Å². The number of benzene rings is 1. The molecule has 0 amide bonds. The van der Waals surface area contributed by atoms with Gasteiger partial charge >= 0.3 is 0 Å². The highest BCUT2D eigenvalue weighted by atomic mass is 19.1. The highest BCUT2D eigenvalue weighted by molar-refractivity contribution is 5.21. The van der Waals surface area contributed by atoms with E-state index >= 15 is 0 Å². The average Bonchev–Trinajstić information content (AvgIpc) is 2.48. The first-order valence-electron chi connectivity index (χ1n) is 8.01. The average molecular weight is 276 g/mol. The summed E-state index contributed by atoms with van der Waals surface area (Å²) < 4.78 is 13.5. The van der Waals surface area contributed by atoms with E-state index in [1.54, 1.807) is 12.1 Å². The molecule has 1 aliphatic heterocycles. The van der Waals surface area contributed by atoms with E-state index in [0.717, 1.165) is 18.0 Å². The zero-order chi connectivity index (χ0) is 13.9. The summed E-state index contributed by atoms with van der Waals surface area (Å²) in [6.45, 7) is 1.69. The molecular formula is C17H25FN2. The largest absolute Gasteiger partial charge is 0.329 e. The van der Waals surface area contributed by atoms with Crippen LogP contribution in [0.5, 0.6) is 0 Å². The number of hydrogen-bond acceptors (Lipinski definition) is 2. The van der Waals surface area contributed by atoms with E-state index < -0.39 is 0 Å². The Kier molecular flexibility index (Phi) is 4.37. The fourth-order valence-corrected chi connectivity index (χ4v) is 4.23. The molecule has 1 aromatic rings. The smallest absolute Gasteiger partial charge is 0.123 e. The van der Waals surface area contributed by atoms with E-state index in [4.69, 9.17) is 5.73 Å². The Morgan fingerprint density at radius 2 is 2.00 bits per heavy atom. The van der Waals surface area contributed by atoms with Crippen LogP contribution in [0.1, 0.15) is 50.1 Å². The van der Waals surface area contributed by atoms with Gasteiger partial charge in [-0.1, -0.05) is 25.0 Å². The summed E-state index contributed by atoms with van der Waals surface area (Å²) in [6, 6.07) is 7.83. The van der Waals surface area contributed by atoms with Crippen molar-refractivity contribution >= 4 is 0 Å². The topological polar surface area (TPSA) is 29.3 Å². The van der Waals surface area contributed by atoms with E-state index in [0.29, 0.717) is 12.6 Å². The summed E-state index contributed by atoms with van der Waals surface area (Å²) in [5, 5.41) is 0. The maximum atomic E-state index is 13.5. The van der Waals surface area contributed by atoms with Crippen LogP contribution in [0, 0.1) is 11.7 Å². The quantitative estimate of drug-likeness (QED) is 0.916. The SMILES string of the molecule is NCC(c1cccc(F)c1)N1CCCC2CCCCC21. The molecule has 0 aromatic heterocycles. The second-order valence-electron chi connectivity index (χ2n) is 6.30. The molecule has 1 aromatic carbocycles. The van der Waals surface area contributed by atoms with Crippen molar-refractivity contribution in [2.45, 2.75) is 50.6 Å². The molecule has 3 heteroatoms. The molecule has 1 aliphatic carbocycles. The summed E-state index contributed by atoms with van der Waals surface area (Å²) in [6.07, 6.45) is 7.98. The van der Waals surface area contributed by atoms with E-state index in [-0.39, 0.29) is 11.9 Å². The van der Waals surface area contributed by atoms with E-state index in [9.17, 15) is 4.39 Å². The fraction of sp³-hybridized carbons (Fsp3) is 0.647. The first kappa shape index (κ1) is 14.0. The van der Waals surface area contributed by atoms with Gasteiger partial charge in [-0.05, 0) is 55.8 Å². The standard InChI is InChI=1S/C17H25FN2/c18-15-8-3-6-14(11-15)17(12-19)20-10-4-7-13-5-1-2-9-16(13)20/h3,6,8,11,13,16-17H,1-2,4-5,7,9-10,12,19H2. The molecule has 20 heavy (non-hydrogen) atoms. The zero-order valence-electron chi connectivity index (χ0n) is 12.1. The number of nitrogens with zero attached hydrogens (tertiary/aromatic N) is 1. The van der Waals surface area contributed by atoms with Gasteiger partial charge in [0, 0.05) is 18.6 Å². The van der Waals surface area contributed by atoms with Gasteiger partial charge in [0.05, 0.1) is 0 Å². The minimum absolute atomic E-state index is 0.154. The van der Waals surface area contributed by atoms with E-state index in [2.05, 4.69) is 4.90 Å². The lowest BCUT2D eigenvalue weighted by Gasteiger charge is -2.47. The Labute approximate surface area is 121 Å². The molecule has 2 N–H and O–H groups in total. The van der Waals surface area contributed by atoms with Crippen LogP contribution >= 0.6 is 0 Å². The number of fused-ring (bicyclic) bond motifs is 1. The molecule has 2 aliphatic rings. The monoisotopic (exact) mass is 276 g/mol. The van der Waals surface area contributed by atoms with Crippen LogP contribution in [-0.2, 0) is 0 Å². The number of nitrogens with two attached hydrogens (primary N) is 1. The normalized spacial score (nSPS) is 28.9. The van der Waals surface area contributed by atoms with E-state index in [1.807, 2.05) is 6.07 Å². The Balaban J connectivity index is 1.84. The van der Waals surface area contributed by atoms with Crippen LogP contribution < -0.4 is 5.73 Å². The van der Waals surface area contributed by atoms with Gasteiger partial charge in [-0.15, -0.1) is 0 Å². The molecule has 3 unspecified atom stereocenters. The third-order valence-electron chi connectivity index (χ3n) is 5.14. The van der Waals surface area contributed by atoms with Crippen LogP contribution in [0.25, 0.3) is 0 Å². The Morgan fingerprint density at radius 3 is 2.80 bits per heavy atom. The molecular weight excluding hydrogens is 251 g/mol. The number of hydrogen-bond donors (Lipinski definition) is 1. The third-order valence-corrected chi connectivity index (χ3v) is 5.14. The van der Waals surface area contributed by atoms with Crippen LogP contribution in [0.2, 0.25) is 0 Å². The molecule has 3 rings (SSSR count). The molecule has 0 radical (unpaired) electrons. The van der Waals surface area contributed by atoms with Crippen molar-refractivity contribution in [3.63, 3.8) is 0 Å². The maximum Gasteiger partial charge on any atom is 0.123 e. The van der Waals surface area contributed by atoms with Gasteiger partial charge in [-0.25, -0.2) is 4.39 Å². The lowest BCUT2D eigenvalue weighted by Crippen LogP contribution is -2.50. The Morgan fingerprint density at radius 1 is 1.20 bits per heavy atom. The molecule has 2 nitrogen and oxygen atoms in total. The first-order chi connectivity index (χ1) is 9.79. The fourth-order valence-electron chi connectivity index (χ4n) is 4.23. The predicted molar refractivity (Wildman–Crippen MR) is 79.9 cm³/mol. The molecule has 0 spiro atoms. The number of piperidine rings is 1. The Bertz CT molecular complexity index is 446. The van der Waals surface area contributed by atoms with Gasteiger partial charge in [0.25, 0.3) is 0 Å². The number of likely N-dealkylation sites (tertiary alicyclic amines) is 1. The number of halogens is 1. The Hall–Kier alpha value is -0.930. The minimum atomic E-state index is -0.154. The molecule has 0 bridgehead atoms. The van der Waals surface area contributed by atoms with Gasteiger partial charge < -0.3 is 5.73 Å². The third kappa shape index (κ3) is 2.75. The van der Waals surface area contributed by atoms with Crippen molar-refractivity contribution < 1.29 is 4.39 Å². The minimum Gasteiger partial charge on any atom is -0.329 e. The molecule has 2 fully saturated rings. The van der Waals surface area contributed by atoms with Crippen molar-refractivity contribution in [2.75, 3.05) is 13.1 Å². The summed E-state index contributed by atoms with van der Waals surface area (Å²) >= 11 is 0. The molecule has 3 atom stereocenters. The van der Waals surface area contributed by atoms with Crippen LogP contribution in [0.4, 0.5) is 4.39 Å². The van der Waals surface area contributed by atoms with Gasteiger partial charge in [-0.2, -0.15) is 0 Å². The highest BCUT2D eigenvalue weighted by Gasteiger charge is 2.36. The summed E-state index contributed by atoms with van der Waals surface area (Å²) in [4.78, 5) is 2.57. The molecule has 1 saturated heterocycles. The molecule has 1 saturated carbocycles.